The highest BCUT2D eigenvalue weighted by Gasteiger charge is 2.38. The fourth-order valence-electron chi connectivity index (χ4n) is 3.92. The first-order valence-electron chi connectivity index (χ1n) is 8.11. The third kappa shape index (κ3) is 2.41. The van der Waals surface area contributed by atoms with Crippen LogP contribution in [-0.4, -0.2) is 41.1 Å². The molecule has 2 aromatic rings. The molecule has 120 valence electrons. The lowest BCUT2D eigenvalue weighted by Crippen LogP contribution is -2.57. The van der Waals surface area contributed by atoms with Crippen LogP contribution in [0.25, 0.3) is 10.8 Å². The second-order valence-corrected chi connectivity index (χ2v) is 6.81. The van der Waals surface area contributed by atoms with Crippen LogP contribution in [0.4, 0.5) is 0 Å². The summed E-state index contributed by atoms with van der Waals surface area (Å²) in [5.74, 6) is 0.0615. The molecule has 1 aromatic heterocycles. The van der Waals surface area contributed by atoms with Gasteiger partial charge in [-0.2, -0.15) is 0 Å². The maximum Gasteiger partial charge on any atom is 0.256 e. The van der Waals surface area contributed by atoms with Gasteiger partial charge in [0.05, 0.1) is 30.9 Å². The van der Waals surface area contributed by atoms with Gasteiger partial charge in [-0.3, -0.25) is 4.79 Å². The van der Waals surface area contributed by atoms with Gasteiger partial charge in [0, 0.05) is 17.0 Å². The standard InChI is InChI=1S/C18H19ClN2O2/c1-11-4-2-7-14-16(11)15(8-20-17(14)19)18(22)21-12-5-3-6-13(21)10-23-9-12/h2,4,7-8,12-13H,3,5-6,9-10H2,1H3. The lowest BCUT2D eigenvalue weighted by molar-refractivity contribution is -0.0565. The number of pyridine rings is 1. The number of halogens is 1. The first-order chi connectivity index (χ1) is 11.2. The lowest BCUT2D eigenvalue weighted by Gasteiger charge is -2.45. The number of benzene rings is 1. The molecule has 0 saturated carbocycles. The van der Waals surface area contributed by atoms with E-state index in [9.17, 15) is 4.79 Å². The maximum atomic E-state index is 13.3. The van der Waals surface area contributed by atoms with Crippen LogP contribution >= 0.6 is 11.6 Å². The summed E-state index contributed by atoms with van der Waals surface area (Å²) in [5, 5.41) is 2.21. The first-order valence-corrected chi connectivity index (χ1v) is 8.49. The highest BCUT2D eigenvalue weighted by molar-refractivity contribution is 6.35. The van der Waals surface area contributed by atoms with Gasteiger partial charge in [-0.25, -0.2) is 4.98 Å². The normalized spacial score (nSPS) is 24.0. The first kappa shape index (κ1) is 14.9. The number of aromatic nitrogens is 1. The predicted molar refractivity (Wildman–Crippen MR) is 89.9 cm³/mol. The molecule has 2 aliphatic rings. The fraction of sp³-hybridized carbons (Fsp3) is 0.444. The number of morpholine rings is 1. The van der Waals surface area contributed by atoms with Crippen LogP contribution in [-0.2, 0) is 4.74 Å². The summed E-state index contributed by atoms with van der Waals surface area (Å²) in [6.45, 7) is 3.29. The quantitative estimate of drug-likeness (QED) is 0.750. The van der Waals surface area contributed by atoms with Crippen molar-refractivity contribution in [2.75, 3.05) is 13.2 Å². The van der Waals surface area contributed by atoms with Crippen LogP contribution in [0, 0.1) is 6.92 Å². The van der Waals surface area contributed by atoms with Crippen molar-refractivity contribution in [2.24, 2.45) is 0 Å². The van der Waals surface area contributed by atoms with E-state index < -0.39 is 0 Å². The molecule has 23 heavy (non-hydrogen) atoms. The Morgan fingerprint density at radius 3 is 2.78 bits per heavy atom. The topological polar surface area (TPSA) is 42.4 Å². The minimum atomic E-state index is 0.0615. The number of hydrogen-bond donors (Lipinski definition) is 0. The molecule has 2 aliphatic heterocycles. The summed E-state index contributed by atoms with van der Waals surface area (Å²) < 4.78 is 5.65. The van der Waals surface area contributed by atoms with Gasteiger partial charge in [-0.1, -0.05) is 29.8 Å². The molecule has 2 atom stereocenters. The van der Waals surface area contributed by atoms with E-state index in [0.717, 1.165) is 29.2 Å². The smallest absolute Gasteiger partial charge is 0.256 e. The molecule has 0 aliphatic carbocycles. The van der Waals surface area contributed by atoms with Crippen LogP contribution in [0.15, 0.2) is 24.4 Å². The molecule has 2 bridgehead atoms. The zero-order valence-corrected chi connectivity index (χ0v) is 13.8. The number of carbonyl (C=O) groups is 1. The zero-order chi connectivity index (χ0) is 16.0. The van der Waals surface area contributed by atoms with Crippen molar-refractivity contribution in [3.63, 3.8) is 0 Å². The van der Waals surface area contributed by atoms with Gasteiger partial charge in [0.2, 0.25) is 0 Å². The number of amides is 1. The minimum absolute atomic E-state index is 0.0615. The number of nitrogens with zero attached hydrogens (tertiary/aromatic N) is 2. The molecule has 0 spiro atoms. The summed E-state index contributed by atoms with van der Waals surface area (Å²) in [6, 6.07) is 6.25. The molecule has 1 amide bonds. The van der Waals surface area contributed by atoms with Crippen LogP contribution in [0.5, 0.6) is 0 Å². The number of carbonyl (C=O) groups excluding carboxylic acids is 1. The van der Waals surface area contributed by atoms with E-state index in [0.29, 0.717) is 23.9 Å². The largest absolute Gasteiger partial charge is 0.377 e. The molecule has 4 nitrogen and oxygen atoms in total. The Morgan fingerprint density at radius 2 is 2.04 bits per heavy atom. The average Bonchev–Trinajstić information content (AvgIpc) is 2.54. The van der Waals surface area contributed by atoms with E-state index in [-0.39, 0.29) is 18.0 Å². The molecule has 4 rings (SSSR count). The van der Waals surface area contributed by atoms with E-state index in [1.165, 1.54) is 6.42 Å². The molecule has 5 heteroatoms. The Kier molecular flexibility index (Phi) is 3.74. The summed E-state index contributed by atoms with van der Waals surface area (Å²) in [5.41, 5.74) is 1.70. The molecular weight excluding hydrogens is 312 g/mol. The maximum absolute atomic E-state index is 13.3. The number of rotatable bonds is 1. The number of piperidine rings is 1. The number of hydrogen-bond acceptors (Lipinski definition) is 3. The van der Waals surface area contributed by atoms with Crippen molar-refractivity contribution >= 4 is 28.3 Å². The molecule has 2 unspecified atom stereocenters. The Morgan fingerprint density at radius 1 is 1.30 bits per heavy atom. The van der Waals surface area contributed by atoms with Gasteiger partial charge >= 0.3 is 0 Å². The van der Waals surface area contributed by atoms with Gasteiger partial charge in [0.15, 0.2) is 0 Å². The third-order valence-electron chi connectivity index (χ3n) is 5.02. The monoisotopic (exact) mass is 330 g/mol. The Labute approximate surface area is 140 Å². The van der Waals surface area contributed by atoms with Crippen molar-refractivity contribution in [1.29, 1.82) is 0 Å². The van der Waals surface area contributed by atoms with Crippen molar-refractivity contribution in [3.8, 4) is 0 Å². The second-order valence-electron chi connectivity index (χ2n) is 6.45. The van der Waals surface area contributed by atoms with Gasteiger partial charge in [0.1, 0.15) is 5.15 Å². The molecule has 3 heterocycles. The van der Waals surface area contributed by atoms with Crippen LogP contribution in [0.2, 0.25) is 5.15 Å². The van der Waals surface area contributed by atoms with Crippen LogP contribution in [0.1, 0.15) is 35.2 Å². The molecule has 2 saturated heterocycles. The van der Waals surface area contributed by atoms with Gasteiger partial charge in [0.25, 0.3) is 5.91 Å². The van der Waals surface area contributed by atoms with Gasteiger partial charge < -0.3 is 9.64 Å². The molecular formula is C18H19ClN2O2. The van der Waals surface area contributed by atoms with E-state index in [4.69, 9.17) is 16.3 Å². The predicted octanol–water partition coefficient (Wildman–Crippen LogP) is 3.59. The fourth-order valence-corrected chi connectivity index (χ4v) is 4.12. The summed E-state index contributed by atoms with van der Waals surface area (Å²) >= 11 is 6.23. The zero-order valence-electron chi connectivity index (χ0n) is 13.1. The van der Waals surface area contributed by atoms with Crippen molar-refractivity contribution < 1.29 is 9.53 Å². The van der Waals surface area contributed by atoms with Crippen molar-refractivity contribution in [2.45, 2.75) is 38.3 Å². The Bertz CT molecular complexity index is 755. The van der Waals surface area contributed by atoms with Crippen LogP contribution in [0.3, 0.4) is 0 Å². The van der Waals surface area contributed by atoms with Gasteiger partial charge in [-0.15, -0.1) is 0 Å². The second kappa shape index (κ2) is 5.77. The van der Waals surface area contributed by atoms with E-state index in [2.05, 4.69) is 4.98 Å². The summed E-state index contributed by atoms with van der Waals surface area (Å²) in [6.07, 6.45) is 4.83. The Hall–Kier alpha value is -1.65. The average molecular weight is 331 g/mol. The highest BCUT2D eigenvalue weighted by atomic mass is 35.5. The van der Waals surface area contributed by atoms with E-state index >= 15 is 0 Å². The molecule has 2 fully saturated rings. The lowest BCUT2D eigenvalue weighted by atomic mass is 9.92. The third-order valence-corrected chi connectivity index (χ3v) is 5.32. The number of ether oxygens (including phenoxy) is 1. The minimum Gasteiger partial charge on any atom is -0.377 e. The van der Waals surface area contributed by atoms with Crippen molar-refractivity contribution in [1.82, 2.24) is 9.88 Å². The van der Waals surface area contributed by atoms with Crippen molar-refractivity contribution in [3.05, 3.63) is 40.7 Å². The summed E-state index contributed by atoms with van der Waals surface area (Å²) in [7, 11) is 0. The molecule has 1 aromatic carbocycles. The molecule has 0 radical (unpaired) electrons. The van der Waals surface area contributed by atoms with E-state index in [1.807, 2.05) is 30.0 Å². The van der Waals surface area contributed by atoms with Crippen LogP contribution < -0.4 is 0 Å². The summed E-state index contributed by atoms with van der Waals surface area (Å²) in [4.78, 5) is 19.6. The SMILES string of the molecule is Cc1cccc2c(Cl)ncc(C(=O)N3C4CCCC3COC4)c12. The number of fused-ring (bicyclic) bond motifs is 3. The number of aryl methyl sites for hydroxylation is 1. The molecule has 0 N–H and O–H groups in total. The van der Waals surface area contributed by atoms with E-state index in [1.54, 1.807) is 6.20 Å². The van der Waals surface area contributed by atoms with Gasteiger partial charge in [-0.05, 0) is 31.7 Å². The Balaban J connectivity index is 1.83. The highest BCUT2D eigenvalue weighted by Crippen LogP contribution is 2.32.